The van der Waals surface area contributed by atoms with E-state index in [1.165, 1.54) is 5.56 Å². The molecule has 4 nitrogen and oxygen atoms in total. The van der Waals surface area contributed by atoms with Crippen LogP contribution in [0.15, 0.2) is 42.6 Å². The number of primary amides is 1. The molecule has 1 aromatic heterocycles. The molecule has 0 spiro atoms. The first-order chi connectivity index (χ1) is 12.5. The molecule has 0 atom stereocenters. The summed E-state index contributed by atoms with van der Waals surface area (Å²) in [7, 11) is 0. The van der Waals surface area contributed by atoms with Gasteiger partial charge in [-0.2, -0.15) is 0 Å². The van der Waals surface area contributed by atoms with E-state index in [9.17, 15) is 4.79 Å². The van der Waals surface area contributed by atoms with Gasteiger partial charge in [0.1, 0.15) is 0 Å². The van der Waals surface area contributed by atoms with Crippen molar-refractivity contribution in [2.75, 3.05) is 0 Å². The van der Waals surface area contributed by atoms with E-state index in [4.69, 9.17) is 34.7 Å². The SMILES string of the molecule is NC(=O)/C(=C(\N)c1ccc(Cl)cc1Cl)c1cn2c3c(cccc13)CCC2. The molecule has 132 valence electrons. The number of carbonyl (C=O) groups is 1. The lowest BCUT2D eigenvalue weighted by Gasteiger charge is -2.14. The van der Waals surface area contributed by atoms with E-state index >= 15 is 0 Å². The van der Waals surface area contributed by atoms with Crippen LogP contribution in [-0.2, 0) is 17.8 Å². The standard InChI is InChI=1S/C20H17Cl2N3O/c21-12-6-7-14(16(22)9-12)18(23)17(20(24)26)15-10-25-8-2-4-11-3-1-5-13(15)19(11)25/h1,3,5-7,9-10H,2,4,8,23H2,(H2,24,26)/b18-17-. The molecule has 2 aromatic carbocycles. The first kappa shape index (κ1) is 17.0. The van der Waals surface area contributed by atoms with Crippen LogP contribution in [0.5, 0.6) is 0 Å². The van der Waals surface area contributed by atoms with Gasteiger partial charge in [-0.1, -0.05) is 41.4 Å². The number of aromatic nitrogens is 1. The Morgan fingerprint density at radius 1 is 1.08 bits per heavy atom. The maximum absolute atomic E-state index is 12.3. The van der Waals surface area contributed by atoms with Crippen LogP contribution >= 0.6 is 23.2 Å². The van der Waals surface area contributed by atoms with Gasteiger partial charge in [-0.3, -0.25) is 4.79 Å². The van der Waals surface area contributed by atoms with Crippen LogP contribution in [0.25, 0.3) is 22.2 Å². The van der Waals surface area contributed by atoms with Gasteiger partial charge in [0.15, 0.2) is 0 Å². The summed E-state index contributed by atoms with van der Waals surface area (Å²) < 4.78 is 2.17. The fourth-order valence-corrected chi connectivity index (χ4v) is 4.22. The van der Waals surface area contributed by atoms with E-state index in [1.807, 2.05) is 18.3 Å². The highest BCUT2D eigenvalue weighted by Gasteiger charge is 2.23. The predicted molar refractivity (Wildman–Crippen MR) is 107 cm³/mol. The van der Waals surface area contributed by atoms with Crippen LogP contribution < -0.4 is 11.5 Å². The average molecular weight is 386 g/mol. The molecule has 1 amide bonds. The molecule has 26 heavy (non-hydrogen) atoms. The van der Waals surface area contributed by atoms with Gasteiger partial charge in [0, 0.05) is 34.3 Å². The second kappa shape index (κ2) is 6.38. The van der Waals surface area contributed by atoms with Gasteiger partial charge in [0.25, 0.3) is 5.91 Å². The largest absolute Gasteiger partial charge is 0.398 e. The number of aryl methyl sites for hydroxylation is 2. The number of rotatable bonds is 3. The Morgan fingerprint density at radius 2 is 1.88 bits per heavy atom. The van der Waals surface area contributed by atoms with Gasteiger partial charge in [0.2, 0.25) is 0 Å². The van der Waals surface area contributed by atoms with Crippen molar-refractivity contribution >= 4 is 51.3 Å². The Kier molecular flexibility index (Phi) is 4.17. The summed E-state index contributed by atoms with van der Waals surface area (Å²) in [5.74, 6) is -0.586. The van der Waals surface area contributed by atoms with E-state index < -0.39 is 5.91 Å². The van der Waals surface area contributed by atoms with Crippen molar-refractivity contribution in [1.29, 1.82) is 0 Å². The molecule has 3 aromatic rings. The summed E-state index contributed by atoms with van der Waals surface area (Å²) >= 11 is 12.3. The molecule has 0 unspecified atom stereocenters. The normalized spacial score (nSPS) is 14.4. The fourth-order valence-electron chi connectivity index (χ4n) is 3.71. The fraction of sp³-hybridized carbons (Fsp3) is 0.150. The van der Waals surface area contributed by atoms with Crippen molar-refractivity contribution in [1.82, 2.24) is 4.57 Å². The summed E-state index contributed by atoms with van der Waals surface area (Å²) in [6.45, 7) is 0.904. The predicted octanol–water partition coefficient (Wildman–Crippen LogP) is 4.21. The number of hydrogen-bond donors (Lipinski definition) is 2. The molecule has 4 rings (SSSR count). The summed E-state index contributed by atoms with van der Waals surface area (Å²) in [6, 6.07) is 11.1. The lowest BCUT2D eigenvalue weighted by Crippen LogP contribution is -2.17. The van der Waals surface area contributed by atoms with Crippen LogP contribution in [0, 0.1) is 0 Å². The van der Waals surface area contributed by atoms with Crippen molar-refractivity contribution in [3.8, 4) is 0 Å². The van der Waals surface area contributed by atoms with E-state index in [0.29, 0.717) is 15.6 Å². The minimum Gasteiger partial charge on any atom is -0.398 e. The summed E-state index contributed by atoms with van der Waals surface area (Å²) in [5, 5.41) is 1.85. The van der Waals surface area contributed by atoms with E-state index in [1.54, 1.807) is 18.2 Å². The number of para-hydroxylation sites is 1. The molecular weight excluding hydrogens is 369 g/mol. The third kappa shape index (κ3) is 2.66. The second-order valence-electron chi connectivity index (χ2n) is 6.43. The molecule has 4 N–H and O–H groups in total. The lowest BCUT2D eigenvalue weighted by atomic mass is 9.97. The first-order valence-electron chi connectivity index (χ1n) is 8.33. The van der Waals surface area contributed by atoms with Crippen LogP contribution in [0.4, 0.5) is 0 Å². The number of nitrogens with two attached hydrogens (primary N) is 2. The quantitative estimate of drug-likeness (QED) is 0.662. The Bertz CT molecular complexity index is 1080. The zero-order valence-corrected chi connectivity index (χ0v) is 15.4. The summed E-state index contributed by atoms with van der Waals surface area (Å²) in [4.78, 5) is 12.3. The number of amides is 1. The van der Waals surface area contributed by atoms with Crippen molar-refractivity contribution in [2.45, 2.75) is 19.4 Å². The van der Waals surface area contributed by atoms with Gasteiger partial charge in [-0.05, 0) is 36.6 Å². The number of benzene rings is 2. The zero-order chi connectivity index (χ0) is 18.4. The minimum absolute atomic E-state index is 0.253. The monoisotopic (exact) mass is 385 g/mol. The Hall–Kier alpha value is -2.43. The maximum atomic E-state index is 12.3. The van der Waals surface area contributed by atoms with Crippen molar-refractivity contribution < 1.29 is 4.79 Å². The summed E-state index contributed by atoms with van der Waals surface area (Å²) in [6.07, 6.45) is 4.05. The Labute approximate surface area is 161 Å². The molecule has 0 radical (unpaired) electrons. The van der Waals surface area contributed by atoms with Gasteiger partial charge < -0.3 is 16.0 Å². The molecule has 0 aliphatic carbocycles. The number of hydrogen-bond acceptors (Lipinski definition) is 2. The molecule has 1 aliphatic heterocycles. The van der Waals surface area contributed by atoms with Crippen LogP contribution in [-0.4, -0.2) is 10.5 Å². The Morgan fingerprint density at radius 3 is 2.62 bits per heavy atom. The molecule has 0 saturated carbocycles. The van der Waals surface area contributed by atoms with Gasteiger partial charge >= 0.3 is 0 Å². The number of halogens is 2. The van der Waals surface area contributed by atoms with E-state index in [-0.39, 0.29) is 11.3 Å². The van der Waals surface area contributed by atoms with E-state index in [2.05, 4.69) is 10.6 Å². The highest BCUT2D eigenvalue weighted by atomic mass is 35.5. The highest BCUT2D eigenvalue weighted by molar-refractivity contribution is 6.37. The third-order valence-corrected chi connectivity index (χ3v) is 5.38. The van der Waals surface area contributed by atoms with Gasteiger partial charge in [-0.25, -0.2) is 0 Å². The first-order valence-corrected chi connectivity index (χ1v) is 9.09. The third-order valence-electron chi connectivity index (χ3n) is 4.83. The molecule has 0 saturated heterocycles. The molecule has 2 heterocycles. The Balaban J connectivity index is 2.01. The average Bonchev–Trinajstić information content (AvgIpc) is 2.95. The highest BCUT2D eigenvalue weighted by Crippen LogP contribution is 2.36. The number of nitrogens with zero attached hydrogens (tertiary/aromatic N) is 1. The topological polar surface area (TPSA) is 74.0 Å². The molecule has 6 heteroatoms. The molecule has 1 aliphatic rings. The van der Waals surface area contributed by atoms with Crippen LogP contribution in [0.3, 0.4) is 0 Å². The minimum atomic E-state index is -0.586. The van der Waals surface area contributed by atoms with Gasteiger partial charge in [0.05, 0.1) is 21.8 Å². The van der Waals surface area contributed by atoms with Crippen LogP contribution in [0.2, 0.25) is 10.0 Å². The second-order valence-corrected chi connectivity index (χ2v) is 7.27. The molecule has 0 fully saturated rings. The number of carbonyl (C=O) groups excluding carboxylic acids is 1. The van der Waals surface area contributed by atoms with Crippen molar-refractivity contribution in [3.05, 3.63) is 69.3 Å². The van der Waals surface area contributed by atoms with Crippen LogP contribution in [0.1, 0.15) is 23.1 Å². The van der Waals surface area contributed by atoms with Gasteiger partial charge in [-0.15, -0.1) is 0 Å². The summed E-state index contributed by atoms with van der Waals surface area (Å²) in [5.41, 5.74) is 16.3. The maximum Gasteiger partial charge on any atom is 0.251 e. The van der Waals surface area contributed by atoms with Crippen molar-refractivity contribution in [2.24, 2.45) is 11.5 Å². The zero-order valence-electron chi connectivity index (χ0n) is 13.9. The smallest absolute Gasteiger partial charge is 0.251 e. The van der Waals surface area contributed by atoms with E-state index in [0.717, 1.165) is 35.9 Å². The molecule has 0 bridgehead atoms. The van der Waals surface area contributed by atoms with Crippen molar-refractivity contribution in [3.63, 3.8) is 0 Å². The molecular formula is C20H17Cl2N3O. The lowest BCUT2D eigenvalue weighted by molar-refractivity contribution is -0.112.